The van der Waals surface area contributed by atoms with Gasteiger partial charge < -0.3 is 0 Å². The SMILES string of the molecule is C(=C1CCCCC1)n1nnc2ccccc21. The molecule has 3 rings (SSSR count). The molecule has 1 aliphatic rings. The third kappa shape index (κ3) is 1.73. The molecule has 0 saturated heterocycles. The average molecular weight is 213 g/mol. The molecule has 0 aliphatic heterocycles. The van der Waals surface area contributed by atoms with Crippen LogP contribution >= 0.6 is 0 Å². The fraction of sp³-hybridized carbons (Fsp3) is 0.385. The fourth-order valence-corrected chi connectivity index (χ4v) is 2.29. The minimum absolute atomic E-state index is 0.968. The number of aromatic nitrogens is 3. The summed E-state index contributed by atoms with van der Waals surface area (Å²) in [5.74, 6) is 0. The van der Waals surface area contributed by atoms with E-state index in [4.69, 9.17) is 0 Å². The second kappa shape index (κ2) is 4.08. The number of nitrogens with zero attached hydrogens (tertiary/aromatic N) is 3. The fourth-order valence-electron chi connectivity index (χ4n) is 2.29. The van der Waals surface area contributed by atoms with Crippen molar-refractivity contribution in [1.29, 1.82) is 0 Å². The van der Waals surface area contributed by atoms with Crippen molar-refractivity contribution in [3.63, 3.8) is 0 Å². The molecular formula is C13H15N3. The topological polar surface area (TPSA) is 30.7 Å². The molecule has 16 heavy (non-hydrogen) atoms. The minimum atomic E-state index is 0.968. The Morgan fingerprint density at radius 1 is 1.06 bits per heavy atom. The molecule has 82 valence electrons. The van der Waals surface area contributed by atoms with Gasteiger partial charge >= 0.3 is 0 Å². The first-order valence-electron chi connectivity index (χ1n) is 5.93. The summed E-state index contributed by atoms with van der Waals surface area (Å²) in [6.45, 7) is 0. The molecule has 0 N–H and O–H groups in total. The summed E-state index contributed by atoms with van der Waals surface area (Å²) < 4.78 is 1.91. The molecule has 0 bridgehead atoms. The van der Waals surface area contributed by atoms with E-state index in [1.54, 1.807) is 0 Å². The number of hydrogen-bond donors (Lipinski definition) is 0. The second-order valence-corrected chi connectivity index (χ2v) is 4.37. The molecule has 1 aromatic heterocycles. The van der Waals surface area contributed by atoms with Crippen LogP contribution in [0.25, 0.3) is 17.2 Å². The third-order valence-electron chi connectivity index (χ3n) is 3.18. The Kier molecular flexibility index (Phi) is 2.44. The van der Waals surface area contributed by atoms with Crippen molar-refractivity contribution in [2.45, 2.75) is 32.1 Å². The molecule has 0 unspecified atom stereocenters. The second-order valence-electron chi connectivity index (χ2n) is 4.37. The predicted molar refractivity (Wildman–Crippen MR) is 64.9 cm³/mol. The lowest BCUT2D eigenvalue weighted by atomic mass is 9.96. The number of allylic oxidation sites excluding steroid dienone is 1. The highest BCUT2D eigenvalue weighted by Crippen LogP contribution is 2.24. The summed E-state index contributed by atoms with van der Waals surface area (Å²) >= 11 is 0. The number of rotatable bonds is 1. The van der Waals surface area contributed by atoms with Crippen LogP contribution in [-0.2, 0) is 0 Å². The van der Waals surface area contributed by atoms with E-state index in [0.717, 1.165) is 11.0 Å². The van der Waals surface area contributed by atoms with Crippen LogP contribution in [0.15, 0.2) is 29.8 Å². The van der Waals surface area contributed by atoms with Gasteiger partial charge in [-0.15, -0.1) is 5.10 Å². The predicted octanol–water partition coefficient (Wildman–Crippen LogP) is 3.24. The van der Waals surface area contributed by atoms with Gasteiger partial charge in [0, 0.05) is 6.20 Å². The zero-order valence-corrected chi connectivity index (χ0v) is 9.26. The standard InChI is InChI=1S/C13H15N3/c1-2-6-11(7-3-1)10-16-13-9-5-4-8-12(13)14-15-16/h4-5,8-10H,1-3,6-7H2. The highest BCUT2D eigenvalue weighted by molar-refractivity contribution is 5.76. The summed E-state index contributed by atoms with van der Waals surface area (Å²) in [5, 5.41) is 8.33. The Balaban J connectivity index is 1.99. The van der Waals surface area contributed by atoms with Gasteiger partial charge in [-0.1, -0.05) is 29.3 Å². The number of para-hydroxylation sites is 1. The highest BCUT2D eigenvalue weighted by atomic mass is 15.4. The molecule has 0 spiro atoms. The highest BCUT2D eigenvalue weighted by Gasteiger charge is 2.07. The molecule has 0 atom stereocenters. The normalized spacial score (nSPS) is 16.6. The largest absolute Gasteiger partial charge is 0.220 e. The first-order chi connectivity index (χ1) is 7.93. The van der Waals surface area contributed by atoms with Gasteiger partial charge in [0.25, 0.3) is 0 Å². The molecule has 1 aromatic carbocycles. The average Bonchev–Trinajstić information content (AvgIpc) is 2.74. The smallest absolute Gasteiger partial charge is 0.113 e. The van der Waals surface area contributed by atoms with Crippen LogP contribution in [0.5, 0.6) is 0 Å². The molecular weight excluding hydrogens is 198 g/mol. The van der Waals surface area contributed by atoms with E-state index in [-0.39, 0.29) is 0 Å². The molecule has 1 fully saturated rings. The first-order valence-corrected chi connectivity index (χ1v) is 5.93. The lowest BCUT2D eigenvalue weighted by Crippen LogP contribution is -1.97. The van der Waals surface area contributed by atoms with Gasteiger partial charge in [-0.05, 0) is 37.8 Å². The molecule has 1 aliphatic carbocycles. The molecule has 1 heterocycles. The van der Waals surface area contributed by atoms with E-state index in [9.17, 15) is 0 Å². The number of benzene rings is 1. The minimum Gasteiger partial charge on any atom is -0.220 e. The van der Waals surface area contributed by atoms with E-state index >= 15 is 0 Å². The lowest BCUT2D eigenvalue weighted by molar-refractivity contribution is 0.599. The summed E-state index contributed by atoms with van der Waals surface area (Å²) in [4.78, 5) is 0. The Bertz CT molecular complexity index is 517. The van der Waals surface area contributed by atoms with Crippen molar-refractivity contribution in [3.05, 3.63) is 29.8 Å². The van der Waals surface area contributed by atoms with Gasteiger partial charge in [0.2, 0.25) is 0 Å². The molecule has 2 aromatic rings. The van der Waals surface area contributed by atoms with E-state index in [1.165, 1.54) is 37.7 Å². The van der Waals surface area contributed by atoms with Crippen LogP contribution in [0.2, 0.25) is 0 Å². The van der Waals surface area contributed by atoms with Crippen LogP contribution < -0.4 is 0 Å². The molecule has 3 nitrogen and oxygen atoms in total. The molecule has 0 amide bonds. The van der Waals surface area contributed by atoms with E-state index < -0.39 is 0 Å². The van der Waals surface area contributed by atoms with Crippen LogP contribution in [0.4, 0.5) is 0 Å². The van der Waals surface area contributed by atoms with Gasteiger partial charge in [0.15, 0.2) is 0 Å². The molecule has 3 heteroatoms. The van der Waals surface area contributed by atoms with Gasteiger partial charge in [-0.2, -0.15) is 0 Å². The van der Waals surface area contributed by atoms with E-state index in [0.29, 0.717) is 0 Å². The van der Waals surface area contributed by atoms with Gasteiger partial charge in [-0.3, -0.25) is 0 Å². The van der Waals surface area contributed by atoms with Crippen molar-refractivity contribution >= 4 is 17.2 Å². The quantitative estimate of drug-likeness (QED) is 0.728. The van der Waals surface area contributed by atoms with E-state index in [1.807, 2.05) is 22.9 Å². The summed E-state index contributed by atoms with van der Waals surface area (Å²) in [6, 6.07) is 8.09. The van der Waals surface area contributed by atoms with Gasteiger partial charge in [0.1, 0.15) is 5.52 Å². The van der Waals surface area contributed by atoms with Crippen molar-refractivity contribution in [2.75, 3.05) is 0 Å². The first kappa shape index (κ1) is 9.58. The van der Waals surface area contributed by atoms with Gasteiger partial charge in [0.05, 0.1) is 5.52 Å². The zero-order valence-electron chi connectivity index (χ0n) is 9.26. The number of fused-ring (bicyclic) bond motifs is 1. The van der Waals surface area contributed by atoms with Crippen molar-refractivity contribution in [1.82, 2.24) is 15.0 Å². The maximum Gasteiger partial charge on any atom is 0.113 e. The monoisotopic (exact) mass is 213 g/mol. The van der Waals surface area contributed by atoms with Crippen LogP contribution in [-0.4, -0.2) is 15.0 Å². The Morgan fingerprint density at radius 2 is 1.88 bits per heavy atom. The van der Waals surface area contributed by atoms with Crippen molar-refractivity contribution < 1.29 is 0 Å². The zero-order chi connectivity index (χ0) is 10.8. The maximum atomic E-state index is 4.18. The van der Waals surface area contributed by atoms with Crippen LogP contribution in [0.3, 0.4) is 0 Å². The van der Waals surface area contributed by atoms with Crippen LogP contribution in [0.1, 0.15) is 32.1 Å². The van der Waals surface area contributed by atoms with E-state index in [2.05, 4.69) is 22.6 Å². The van der Waals surface area contributed by atoms with Gasteiger partial charge in [-0.25, -0.2) is 4.68 Å². The summed E-state index contributed by atoms with van der Waals surface area (Å²) in [7, 11) is 0. The van der Waals surface area contributed by atoms with Crippen molar-refractivity contribution in [2.24, 2.45) is 0 Å². The summed E-state index contributed by atoms with van der Waals surface area (Å²) in [5.41, 5.74) is 3.57. The Hall–Kier alpha value is -1.64. The third-order valence-corrected chi connectivity index (χ3v) is 3.18. The molecule has 0 radical (unpaired) electrons. The lowest BCUT2D eigenvalue weighted by Gasteiger charge is -2.12. The number of hydrogen-bond acceptors (Lipinski definition) is 2. The maximum absolute atomic E-state index is 4.18. The Labute approximate surface area is 94.8 Å². The van der Waals surface area contributed by atoms with Crippen molar-refractivity contribution in [3.8, 4) is 0 Å². The molecule has 1 saturated carbocycles. The summed E-state index contributed by atoms with van der Waals surface area (Å²) in [6.07, 6.45) is 8.60. The van der Waals surface area contributed by atoms with Crippen LogP contribution in [0, 0.1) is 0 Å². The Morgan fingerprint density at radius 3 is 2.75 bits per heavy atom.